The first-order valence-electron chi connectivity index (χ1n) is 8.87. The molecule has 3 rings (SSSR count). The van der Waals surface area contributed by atoms with Crippen LogP contribution in [0.3, 0.4) is 0 Å². The van der Waals surface area contributed by atoms with Crippen molar-refractivity contribution in [3.63, 3.8) is 0 Å². The quantitative estimate of drug-likeness (QED) is 0.711. The molecular weight excluding hydrogens is 312 g/mol. The van der Waals surface area contributed by atoms with Crippen LogP contribution in [-0.4, -0.2) is 20.4 Å². The number of imidazole rings is 1. The van der Waals surface area contributed by atoms with Crippen LogP contribution in [0.15, 0.2) is 24.3 Å². The molecule has 0 aliphatic heterocycles. The van der Waals surface area contributed by atoms with Gasteiger partial charge < -0.3 is 14.9 Å². The van der Waals surface area contributed by atoms with Gasteiger partial charge in [0.05, 0.1) is 16.6 Å². The molecular formula is C20H26N4O. The Hall–Kier alpha value is -2.56. The molecule has 0 saturated carbocycles. The average molecular weight is 338 g/mol. The molecule has 0 saturated heterocycles. The molecule has 0 aliphatic rings. The Labute approximate surface area is 148 Å². The van der Waals surface area contributed by atoms with Crippen molar-refractivity contribution in [3.05, 3.63) is 35.5 Å². The van der Waals surface area contributed by atoms with Crippen LogP contribution >= 0.6 is 0 Å². The van der Waals surface area contributed by atoms with Crippen molar-refractivity contribution in [2.24, 2.45) is 5.92 Å². The Morgan fingerprint density at radius 2 is 2.00 bits per heavy atom. The fourth-order valence-electron chi connectivity index (χ4n) is 3.17. The molecule has 2 N–H and O–H groups in total. The van der Waals surface area contributed by atoms with Crippen molar-refractivity contribution < 1.29 is 4.79 Å². The number of nitrogens with zero attached hydrogens (tertiary/aromatic N) is 2. The second kappa shape index (κ2) is 6.75. The number of benzene rings is 1. The Bertz CT molecular complexity index is 884. The summed E-state index contributed by atoms with van der Waals surface area (Å²) in [4.78, 5) is 20.3. The minimum Gasteiger partial charge on any atom is -0.338 e. The van der Waals surface area contributed by atoms with Crippen LogP contribution in [-0.2, 0) is 11.3 Å². The summed E-state index contributed by atoms with van der Waals surface area (Å²) in [5.74, 6) is 2.14. The SMILES string of the molecule is CCC(=O)Nc1c(-c2nc3ccccc3[nH]2)c(C)c(C)n1CC(C)C. The number of fused-ring (bicyclic) bond motifs is 1. The number of anilines is 1. The van der Waals surface area contributed by atoms with E-state index in [0.717, 1.165) is 46.0 Å². The summed E-state index contributed by atoms with van der Waals surface area (Å²) in [5, 5.41) is 3.10. The zero-order chi connectivity index (χ0) is 18.1. The fraction of sp³-hybridized carbons (Fsp3) is 0.400. The highest BCUT2D eigenvalue weighted by Gasteiger charge is 2.23. The molecule has 0 unspecified atom stereocenters. The van der Waals surface area contributed by atoms with Crippen LogP contribution in [0.4, 0.5) is 5.82 Å². The van der Waals surface area contributed by atoms with Gasteiger partial charge in [0.2, 0.25) is 5.91 Å². The molecule has 2 aromatic heterocycles. The van der Waals surface area contributed by atoms with Gasteiger partial charge >= 0.3 is 0 Å². The lowest BCUT2D eigenvalue weighted by atomic mass is 10.1. The number of rotatable bonds is 5. The van der Waals surface area contributed by atoms with Crippen molar-refractivity contribution >= 4 is 22.8 Å². The van der Waals surface area contributed by atoms with E-state index in [2.05, 4.69) is 42.6 Å². The van der Waals surface area contributed by atoms with Gasteiger partial charge in [0, 0.05) is 18.7 Å². The van der Waals surface area contributed by atoms with Crippen LogP contribution in [0.2, 0.25) is 0 Å². The lowest BCUT2D eigenvalue weighted by molar-refractivity contribution is -0.115. The summed E-state index contributed by atoms with van der Waals surface area (Å²) in [7, 11) is 0. The minimum atomic E-state index is 0.0138. The Balaban J connectivity index is 2.21. The second-order valence-corrected chi connectivity index (χ2v) is 6.94. The van der Waals surface area contributed by atoms with Gasteiger partial charge in [-0.1, -0.05) is 32.9 Å². The molecule has 0 radical (unpaired) electrons. The third-order valence-electron chi connectivity index (χ3n) is 4.58. The number of nitrogens with one attached hydrogen (secondary N) is 2. The molecule has 132 valence electrons. The number of hydrogen-bond acceptors (Lipinski definition) is 2. The van der Waals surface area contributed by atoms with E-state index in [0.29, 0.717) is 12.3 Å². The molecule has 2 heterocycles. The maximum absolute atomic E-state index is 12.1. The first-order chi connectivity index (χ1) is 11.9. The molecule has 5 heteroatoms. The van der Waals surface area contributed by atoms with E-state index in [9.17, 15) is 4.79 Å². The summed E-state index contributed by atoms with van der Waals surface area (Å²) in [6.07, 6.45) is 0.449. The highest BCUT2D eigenvalue weighted by molar-refractivity contribution is 5.95. The van der Waals surface area contributed by atoms with E-state index in [-0.39, 0.29) is 5.91 Å². The zero-order valence-corrected chi connectivity index (χ0v) is 15.6. The third kappa shape index (κ3) is 3.18. The topological polar surface area (TPSA) is 62.7 Å². The summed E-state index contributed by atoms with van der Waals surface area (Å²) in [6.45, 7) is 11.3. The lowest BCUT2D eigenvalue weighted by Gasteiger charge is -2.15. The van der Waals surface area contributed by atoms with E-state index < -0.39 is 0 Å². The van der Waals surface area contributed by atoms with Crippen LogP contribution in [0.25, 0.3) is 22.4 Å². The normalized spacial score (nSPS) is 11.4. The highest BCUT2D eigenvalue weighted by Crippen LogP contribution is 2.36. The highest BCUT2D eigenvalue weighted by atomic mass is 16.1. The van der Waals surface area contributed by atoms with Crippen molar-refractivity contribution in [1.82, 2.24) is 14.5 Å². The predicted molar refractivity (Wildman–Crippen MR) is 103 cm³/mol. The average Bonchev–Trinajstić information content (AvgIpc) is 3.09. The number of H-pyrrole nitrogens is 1. The van der Waals surface area contributed by atoms with Crippen molar-refractivity contribution in [3.8, 4) is 11.4 Å². The Morgan fingerprint density at radius 3 is 2.64 bits per heavy atom. The zero-order valence-electron chi connectivity index (χ0n) is 15.6. The largest absolute Gasteiger partial charge is 0.338 e. The predicted octanol–water partition coefficient (Wildman–Crippen LogP) is 4.65. The molecule has 1 amide bonds. The second-order valence-electron chi connectivity index (χ2n) is 6.94. The summed E-state index contributed by atoms with van der Waals surface area (Å²) >= 11 is 0. The Kier molecular flexibility index (Phi) is 4.66. The number of aromatic nitrogens is 3. The molecule has 0 spiro atoms. The van der Waals surface area contributed by atoms with E-state index in [1.165, 1.54) is 0 Å². The molecule has 3 aromatic rings. The van der Waals surface area contributed by atoms with Gasteiger partial charge in [0.1, 0.15) is 11.6 Å². The molecule has 0 bridgehead atoms. The lowest BCUT2D eigenvalue weighted by Crippen LogP contribution is -2.16. The van der Waals surface area contributed by atoms with E-state index in [1.807, 2.05) is 31.2 Å². The standard InChI is InChI=1S/C20H26N4O/c1-6-17(25)23-20-18(13(4)14(5)24(20)11-12(2)3)19-21-15-9-7-8-10-16(15)22-19/h7-10,12H,6,11H2,1-5H3,(H,21,22)(H,23,25). The van der Waals surface area contributed by atoms with E-state index >= 15 is 0 Å². The minimum absolute atomic E-state index is 0.0138. The van der Waals surface area contributed by atoms with Gasteiger partial charge in [-0.2, -0.15) is 0 Å². The van der Waals surface area contributed by atoms with Gasteiger partial charge in [0.15, 0.2) is 0 Å². The van der Waals surface area contributed by atoms with Gasteiger partial charge in [-0.05, 0) is 37.5 Å². The van der Waals surface area contributed by atoms with Gasteiger partial charge in [-0.25, -0.2) is 4.98 Å². The molecule has 25 heavy (non-hydrogen) atoms. The van der Waals surface area contributed by atoms with Gasteiger partial charge in [-0.15, -0.1) is 0 Å². The monoisotopic (exact) mass is 338 g/mol. The molecule has 0 fully saturated rings. The van der Waals surface area contributed by atoms with Gasteiger partial charge in [0.25, 0.3) is 0 Å². The van der Waals surface area contributed by atoms with E-state index in [4.69, 9.17) is 4.98 Å². The third-order valence-corrected chi connectivity index (χ3v) is 4.58. The first kappa shape index (κ1) is 17.3. The number of aromatic amines is 1. The summed E-state index contributed by atoms with van der Waals surface area (Å²) in [5.41, 5.74) is 5.22. The number of para-hydroxylation sites is 2. The first-order valence-corrected chi connectivity index (χ1v) is 8.87. The number of hydrogen-bond donors (Lipinski definition) is 2. The van der Waals surface area contributed by atoms with Crippen molar-refractivity contribution in [2.75, 3.05) is 5.32 Å². The number of amides is 1. The van der Waals surface area contributed by atoms with Crippen LogP contribution in [0.1, 0.15) is 38.4 Å². The number of carbonyl (C=O) groups excluding carboxylic acids is 1. The van der Waals surface area contributed by atoms with E-state index in [1.54, 1.807) is 0 Å². The molecule has 5 nitrogen and oxygen atoms in total. The fourth-order valence-corrected chi connectivity index (χ4v) is 3.17. The van der Waals surface area contributed by atoms with Crippen LogP contribution < -0.4 is 5.32 Å². The Morgan fingerprint density at radius 1 is 1.28 bits per heavy atom. The van der Waals surface area contributed by atoms with Gasteiger partial charge in [-0.3, -0.25) is 4.79 Å². The summed E-state index contributed by atoms with van der Waals surface area (Å²) in [6, 6.07) is 7.98. The van der Waals surface area contributed by atoms with Crippen LogP contribution in [0.5, 0.6) is 0 Å². The molecule has 0 atom stereocenters. The van der Waals surface area contributed by atoms with Crippen molar-refractivity contribution in [2.45, 2.75) is 47.6 Å². The summed E-state index contributed by atoms with van der Waals surface area (Å²) < 4.78 is 2.20. The van der Waals surface area contributed by atoms with Crippen molar-refractivity contribution in [1.29, 1.82) is 0 Å². The number of carbonyl (C=O) groups is 1. The molecule has 0 aliphatic carbocycles. The molecule has 1 aromatic carbocycles. The van der Waals surface area contributed by atoms with Crippen LogP contribution in [0, 0.1) is 19.8 Å². The maximum Gasteiger partial charge on any atom is 0.225 e. The smallest absolute Gasteiger partial charge is 0.225 e. The maximum atomic E-state index is 12.1.